The van der Waals surface area contributed by atoms with Crippen molar-refractivity contribution >= 4 is 11.6 Å². The molecule has 3 rings (SSSR count). The molecule has 160 valence electrons. The predicted octanol–water partition coefficient (Wildman–Crippen LogP) is 3.77. The van der Waals surface area contributed by atoms with Gasteiger partial charge in [0.15, 0.2) is 23.0 Å². The molecule has 0 radical (unpaired) electrons. The molecule has 1 amide bonds. The molecule has 0 unspecified atom stereocenters. The highest BCUT2D eigenvalue weighted by Crippen LogP contribution is 2.39. The second-order valence-corrected chi connectivity index (χ2v) is 6.31. The van der Waals surface area contributed by atoms with Gasteiger partial charge in [0.2, 0.25) is 12.5 Å². The minimum absolute atomic E-state index is 0.202. The van der Waals surface area contributed by atoms with Crippen LogP contribution in [0, 0.1) is 0 Å². The van der Waals surface area contributed by atoms with Crippen molar-refractivity contribution in [3.63, 3.8) is 0 Å². The van der Waals surface area contributed by atoms with Crippen molar-refractivity contribution in [3.8, 4) is 28.7 Å². The van der Waals surface area contributed by atoms with E-state index in [4.69, 9.17) is 23.7 Å². The van der Waals surface area contributed by atoms with E-state index >= 15 is 0 Å². The SMILES string of the molecule is CCOc1cc(C(=O)N/N=C(\C)c2ccc3c(c2)OCO3)cc(OCC)c1OCC. The van der Waals surface area contributed by atoms with Gasteiger partial charge in [-0.2, -0.15) is 5.10 Å². The number of nitrogens with one attached hydrogen (secondary N) is 1. The van der Waals surface area contributed by atoms with Gasteiger partial charge in [0.25, 0.3) is 5.91 Å². The van der Waals surface area contributed by atoms with Crippen molar-refractivity contribution < 1.29 is 28.5 Å². The lowest BCUT2D eigenvalue weighted by Gasteiger charge is -2.16. The summed E-state index contributed by atoms with van der Waals surface area (Å²) in [5, 5.41) is 4.21. The maximum Gasteiger partial charge on any atom is 0.271 e. The van der Waals surface area contributed by atoms with E-state index in [2.05, 4.69) is 10.5 Å². The molecule has 1 N–H and O–H groups in total. The second kappa shape index (κ2) is 9.87. The average molecular weight is 414 g/mol. The van der Waals surface area contributed by atoms with E-state index in [-0.39, 0.29) is 12.7 Å². The van der Waals surface area contributed by atoms with Crippen molar-refractivity contribution in [3.05, 3.63) is 41.5 Å². The summed E-state index contributed by atoms with van der Waals surface area (Å²) in [4.78, 5) is 12.7. The smallest absolute Gasteiger partial charge is 0.271 e. The number of benzene rings is 2. The van der Waals surface area contributed by atoms with Crippen LogP contribution in [-0.4, -0.2) is 38.2 Å². The summed E-state index contributed by atoms with van der Waals surface area (Å²) in [5.74, 6) is 2.34. The lowest BCUT2D eigenvalue weighted by molar-refractivity contribution is 0.0953. The van der Waals surface area contributed by atoms with Gasteiger partial charge < -0.3 is 23.7 Å². The summed E-state index contributed by atoms with van der Waals surface area (Å²) in [6, 6.07) is 8.74. The number of hydrogen-bond donors (Lipinski definition) is 1. The summed E-state index contributed by atoms with van der Waals surface area (Å²) in [7, 11) is 0. The van der Waals surface area contributed by atoms with E-state index in [1.807, 2.05) is 39.0 Å². The first-order valence-corrected chi connectivity index (χ1v) is 9.88. The Bertz CT molecular complexity index is 914. The Labute approximate surface area is 175 Å². The molecule has 0 aliphatic carbocycles. The highest BCUT2D eigenvalue weighted by molar-refractivity contribution is 6.01. The zero-order chi connectivity index (χ0) is 21.5. The van der Waals surface area contributed by atoms with Gasteiger partial charge in [-0.3, -0.25) is 4.79 Å². The van der Waals surface area contributed by atoms with Crippen LogP contribution in [0.5, 0.6) is 28.7 Å². The number of hydrogen-bond acceptors (Lipinski definition) is 7. The van der Waals surface area contributed by atoms with E-state index in [1.165, 1.54) is 0 Å². The van der Waals surface area contributed by atoms with Crippen LogP contribution in [0.25, 0.3) is 0 Å². The zero-order valence-corrected chi connectivity index (χ0v) is 17.6. The quantitative estimate of drug-likeness (QED) is 0.497. The molecule has 0 bridgehead atoms. The number of ether oxygens (including phenoxy) is 5. The van der Waals surface area contributed by atoms with Gasteiger partial charge >= 0.3 is 0 Å². The second-order valence-electron chi connectivity index (χ2n) is 6.31. The summed E-state index contributed by atoms with van der Waals surface area (Å²) in [6.07, 6.45) is 0. The molecule has 0 atom stereocenters. The number of nitrogens with zero attached hydrogens (tertiary/aromatic N) is 1. The van der Waals surface area contributed by atoms with Crippen LogP contribution in [-0.2, 0) is 0 Å². The first-order chi connectivity index (χ1) is 14.6. The fourth-order valence-corrected chi connectivity index (χ4v) is 2.91. The van der Waals surface area contributed by atoms with E-state index in [0.29, 0.717) is 59.8 Å². The largest absolute Gasteiger partial charge is 0.490 e. The number of carbonyl (C=O) groups excluding carboxylic acids is 1. The molecule has 0 spiro atoms. The molecule has 1 heterocycles. The maximum atomic E-state index is 12.7. The Kier molecular flexibility index (Phi) is 7.00. The number of amides is 1. The summed E-state index contributed by atoms with van der Waals surface area (Å²) < 4.78 is 27.7. The standard InChI is InChI=1S/C22H26N2O6/c1-5-26-19-11-16(12-20(27-6-2)21(19)28-7-3)22(25)24-23-14(4)15-8-9-17-18(10-15)30-13-29-17/h8-12H,5-7,13H2,1-4H3,(H,24,25)/b23-14+. The van der Waals surface area contributed by atoms with Gasteiger partial charge in [-0.1, -0.05) is 0 Å². The van der Waals surface area contributed by atoms with Crippen molar-refractivity contribution in [2.24, 2.45) is 5.10 Å². The minimum atomic E-state index is -0.389. The van der Waals surface area contributed by atoms with Crippen LogP contribution in [0.2, 0.25) is 0 Å². The van der Waals surface area contributed by atoms with Crippen LogP contribution < -0.4 is 29.1 Å². The molecule has 8 nitrogen and oxygen atoms in total. The third-order valence-electron chi connectivity index (χ3n) is 4.29. The van der Waals surface area contributed by atoms with Gasteiger partial charge in [-0.15, -0.1) is 0 Å². The Morgan fingerprint density at radius 3 is 2.20 bits per heavy atom. The first-order valence-electron chi connectivity index (χ1n) is 9.88. The predicted molar refractivity (Wildman–Crippen MR) is 112 cm³/mol. The molecule has 0 saturated heterocycles. The number of hydrazone groups is 1. The van der Waals surface area contributed by atoms with Crippen LogP contribution >= 0.6 is 0 Å². The van der Waals surface area contributed by atoms with Crippen molar-refractivity contribution in [1.82, 2.24) is 5.43 Å². The van der Waals surface area contributed by atoms with Gasteiger partial charge in [0.1, 0.15) is 0 Å². The molecule has 30 heavy (non-hydrogen) atoms. The molecule has 2 aromatic carbocycles. The van der Waals surface area contributed by atoms with Crippen LogP contribution in [0.4, 0.5) is 0 Å². The van der Waals surface area contributed by atoms with Gasteiger partial charge in [0.05, 0.1) is 25.5 Å². The van der Waals surface area contributed by atoms with Gasteiger partial charge in [-0.05, 0) is 58.0 Å². The number of fused-ring (bicyclic) bond motifs is 1. The Balaban J connectivity index is 1.82. The lowest BCUT2D eigenvalue weighted by atomic mass is 10.1. The zero-order valence-electron chi connectivity index (χ0n) is 17.6. The van der Waals surface area contributed by atoms with Gasteiger partial charge in [0, 0.05) is 11.1 Å². The van der Waals surface area contributed by atoms with E-state index in [1.54, 1.807) is 19.1 Å². The van der Waals surface area contributed by atoms with Crippen molar-refractivity contribution in [1.29, 1.82) is 0 Å². The number of rotatable bonds is 9. The van der Waals surface area contributed by atoms with Crippen molar-refractivity contribution in [2.45, 2.75) is 27.7 Å². The molecule has 0 saturated carbocycles. The monoisotopic (exact) mass is 414 g/mol. The van der Waals surface area contributed by atoms with E-state index in [9.17, 15) is 4.79 Å². The fraction of sp³-hybridized carbons (Fsp3) is 0.364. The van der Waals surface area contributed by atoms with Crippen LogP contribution in [0.3, 0.4) is 0 Å². The Hall–Kier alpha value is -3.42. The fourth-order valence-electron chi connectivity index (χ4n) is 2.91. The summed E-state index contributed by atoms with van der Waals surface area (Å²) in [5.41, 5.74) is 4.38. The molecule has 1 aliphatic heterocycles. The molecular weight excluding hydrogens is 388 g/mol. The lowest BCUT2D eigenvalue weighted by Crippen LogP contribution is -2.20. The normalized spacial score (nSPS) is 12.5. The third kappa shape index (κ3) is 4.76. The number of carbonyl (C=O) groups is 1. The van der Waals surface area contributed by atoms with Crippen LogP contribution in [0.15, 0.2) is 35.4 Å². The molecule has 8 heteroatoms. The van der Waals surface area contributed by atoms with Gasteiger partial charge in [-0.25, -0.2) is 5.43 Å². The summed E-state index contributed by atoms with van der Waals surface area (Å²) >= 11 is 0. The third-order valence-corrected chi connectivity index (χ3v) is 4.29. The average Bonchev–Trinajstić information content (AvgIpc) is 3.22. The maximum absolute atomic E-state index is 12.7. The minimum Gasteiger partial charge on any atom is -0.490 e. The Morgan fingerprint density at radius 2 is 1.57 bits per heavy atom. The Morgan fingerprint density at radius 1 is 0.933 bits per heavy atom. The molecular formula is C22H26N2O6. The van der Waals surface area contributed by atoms with E-state index in [0.717, 1.165) is 5.56 Å². The molecule has 0 fully saturated rings. The molecule has 1 aliphatic rings. The molecule has 0 aromatic heterocycles. The topological polar surface area (TPSA) is 87.6 Å². The highest BCUT2D eigenvalue weighted by atomic mass is 16.7. The van der Waals surface area contributed by atoms with Crippen LogP contribution in [0.1, 0.15) is 43.6 Å². The van der Waals surface area contributed by atoms with E-state index < -0.39 is 0 Å². The highest BCUT2D eigenvalue weighted by Gasteiger charge is 2.19. The summed E-state index contributed by atoms with van der Waals surface area (Å²) in [6.45, 7) is 8.91. The van der Waals surface area contributed by atoms with Crippen molar-refractivity contribution in [2.75, 3.05) is 26.6 Å². The molecule has 2 aromatic rings. The first kappa shape index (κ1) is 21.3.